The molecule has 3 N–H and O–H groups in total. The van der Waals surface area contributed by atoms with E-state index in [9.17, 15) is 18.0 Å². The van der Waals surface area contributed by atoms with Crippen molar-refractivity contribution in [3.05, 3.63) is 60.1 Å². The number of piperazine rings is 1. The summed E-state index contributed by atoms with van der Waals surface area (Å²) in [7, 11) is -3.39. The van der Waals surface area contributed by atoms with Crippen molar-refractivity contribution in [2.75, 3.05) is 32.7 Å². The van der Waals surface area contributed by atoms with Crippen molar-refractivity contribution >= 4 is 22.0 Å². The van der Waals surface area contributed by atoms with Crippen LogP contribution in [0, 0.1) is 0 Å². The quantitative estimate of drug-likeness (QED) is 0.549. The molecule has 0 bridgehead atoms. The molecule has 2 aromatic rings. The van der Waals surface area contributed by atoms with Crippen LogP contribution in [0.1, 0.15) is 11.3 Å². The predicted octanol–water partition coefficient (Wildman–Crippen LogP) is -0.664. The van der Waals surface area contributed by atoms with E-state index in [-0.39, 0.29) is 18.8 Å². The number of carbonyl (C=O) groups is 2. The molecule has 0 atom stereocenters. The van der Waals surface area contributed by atoms with Crippen LogP contribution in [-0.4, -0.2) is 57.4 Å². The lowest BCUT2D eigenvalue weighted by molar-refractivity contribution is -0.895. The Hall–Kier alpha value is -2.69. The zero-order valence-electron chi connectivity index (χ0n) is 16.0. The monoisotopic (exact) mass is 421 g/mol. The van der Waals surface area contributed by atoms with Gasteiger partial charge in [0.1, 0.15) is 5.76 Å². The fourth-order valence-electron chi connectivity index (χ4n) is 3.16. The highest BCUT2D eigenvalue weighted by molar-refractivity contribution is 7.88. The maximum Gasteiger partial charge on any atom is 0.321 e. The zero-order chi connectivity index (χ0) is 20.7. The molecule has 10 heteroatoms. The van der Waals surface area contributed by atoms with Gasteiger partial charge in [0.05, 0.1) is 44.7 Å². The Labute approximate surface area is 169 Å². The van der Waals surface area contributed by atoms with Crippen LogP contribution < -0.4 is 15.5 Å². The fourth-order valence-corrected chi connectivity index (χ4v) is 4.69. The minimum Gasteiger partial charge on any atom is -0.467 e. The van der Waals surface area contributed by atoms with Gasteiger partial charge < -0.3 is 14.6 Å². The third-order valence-corrected chi connectivity index (χ3v) is 6.53. The molecule has 3 amide bonds. The van der Waals surface area contributed by atoms with E-state index in [4.69, 9.17) is 4.42 Å². The van der Waals surface area contributed by atoms with Gasteiger partial charge in [0.15, 0.2) is 6.54 Å². The Morgan fingerprint density at radius 2 is 1.79 bits per heavy atom. The minimum absolute atomic E-state index is 0.0283. The van der Waals surface area contributed by atoms with E-state index < -0.39 is 22.0 Å². The minimum atomic E-state index is -3.39. The van der Waals surface area contributed by atoms with Crippen LogP contribution in [0.2, 0.25) is 0 Å². The second-order valence-corrected chi connectivity index (χ2v) is 8.85. The number of nitrogens with zero attached hydrogens (tertiary/aromatic N) is 1. The van der Waals surface area contributed by atoms with Gasteiger partial charge in [-0.3, -0.25) is 10.1 Å². The van der Waals surface area contributed by atoms with Gasteiger partial charge in [0.2, 0.25) is 10.0 Å². The summed E-state index contributed by atoms with van der Waals surface area (Å²) in [5, 5.41) is 4.82. The summed E-state index contributed by atoms with van der Waals surface area (Å²) >= 11 is 0. The molecule has 3 rings (SSSR count). The highest BCUT2D eigenvalue weighted by atomic mass is 32.2. The molecule has 1 aliphatic rings. The lowest BCUT2D eigenvalue weighted by Crippen LogP contribution is -3.15. The van der Waals surface area contributed by atoms with E-state index in [0.717, 1.165) is 10.5 Å². The maximum absolute atomic E-state index is 12.6. The molecule has 1 aliphatic heterocycles. The largest absolute Gasteiger partial charge is 0.467 e. The summed E-state index contributed by atoms with van der Waals surface area (Å²) in [5.41, 5.74) is 0.752. The van der Waals surface area contributed by atoms with Gasteiger partial charge in [-0.05, 0) is 17.7 Å². The molecule has 1 aromatic heterocycles. The first kappa shape index (κ1) is 21.0. The molecule has 9 nitrogen and oxygen atoms in total. The van der Waals surface area contributed by atoms with Gasteiger partial charge in [0, 0.05) is 0 Å². The topological polar surface area (TPSA) is 113 Å². The van der Waals surface area contributed by atoms with Crippen LogP contribution in [0.15, 0.2) is 53.1 Å². The Balaban J connectivity index is 1.39. The number of furan rings is 1. The Bertz CT molecular complexity index is 907. The summed E-state index contributed by atoms with van der Waals surface area (Å²) < 4.78 is 31.7. The van der Waals surface area contributed by atoms with E-state index in [1.165, 1.54) is 10.6 Å². The third-order valence-electron chi connectivity index (χ3n) is 4.68. The molecule has 0 saturated carbocycles. The van der Waals surface area contributed by atoms with Crippen LogP contribution in [0.25, 0.3) is 0 Å². The van der Waals surface area contributed by atoms with E-state index in [2.05, 4.69) is 10.6 Å². The summed E-state index contributed by atoms with van der Waals surface area (Å²) in [5.74, 6) is 0.156. The Morgan fingerprint density at radius 1 is 1.07 bits per heavy atom. The van der Waals surface area contributed by atoms with Gasteiger partial charge >= 0.3 is 6.03 Å². The van der Waals surface area contributed by atoms with Crippen LogP contribution in [0.3, 0.4) is 0 Å². The van der Waals surface area contributed by atoms with Crippen molar-refractivity contribution in [1.82, 2.24) is 14.9 Å². The molecule has 0 spiro atoms. The summed E-state index contributed by atoms with van der Waals surface area (Å²) in [6, 6.07) is 11.9. The van der Waals surface area contributed by atoms with Gasteiger partial charge in [-0.25, -0.2) is 13.2 Å². The lowest BCUT2D eigenvalue weighted by atomic mass is 10.2. The lowest BCUT2D eigenvalue weighted by Gasteiger charge is -2.31. The number of sulfonamides is 1. The van der Waals surface area contributed by atoms with E-state index in [1.807, 2.05) is 18.2 Å². The Morgan fingerprint density at radius 3 is 2.45 bits per heavy atom. The molecule has 1 saturated heterocycles. The number of hydrogen-bond acceptors (Lipinski definition) is 5. The number of urea groups is 1. The van der Waals surface area contributed by atoms with E-state index in [1.54, 1.807) is 24.3 Å². The molecule has 156 valence electrons. The zero-order valence-corrected chi connectivity index (χ0v) is 16.8. The van der Waals surface area contributed by atoms with Gasteiger partial charge in [0.25, 0.3) is 5.91 Å². The van der Waals surface area contributed by atoms with Gasteiger partial charge in [-0.1, -0.05) is 30.3 Å². The van der Waals surface area contributed by atoms with Crippen molar-refractivity contribution in [3.8, 4) is 0 Å². The number of rotatable bonds is 7. The molecule has 0 radical (unpaired) electrons. The van der Waals surface area contributed by atoms with Gasteiger partial charge in [-0.2, -0.15) is 4.31 Å². The molecule has 29 heavy (non-hydrogen) atoms. The fraction of sp³-hybridized carbons (Fsp3) is 0.368. The number of benzene rings is 1. The van der Waals surface area contributed by atoms with Crippen molar-refractivity contribution in [3.63, 3.8) is 0 Å². The second-order valence-electron chi connectivity index (χ2n) is 6.88. The van der Waals surface area contributed by atoms with Crippen molar-refractivity contribution in [1.29, 1.82) is 0 Å². The van der Waals surface area contributed by atoms with Crippen LogP contribution in [0.5, 0.6) is 0 Å². The SMILES string of the molecule is O=C(C[NH+]1CCN(S(=O)(=O)Cc2ccccc2)CC1)NC(=O)NCc1ccco1. The van der Waals surface area contributed by atoms with E-state index in [0.29, 0.717) is 31.9 Å². The first-order chi connectivity index (χ1) is 13.9. The Kier molecular flexibility index (Phi) is 7.02. The van der Waals surface area contributed by atoms with Crippen LogP contribution >= 0.6 is 0 Å². The first-order valence-corrected chi connectivity index (χ1v) is 11.0. The summed E-state index contributed by atoms with van der Waals surface area (Å²) in [6.07, 6.45) is 1.50. The predicted molar refractivity (Wildman–Crippen MR) is 105 cm³/mol. The van der Waals surface area contributed by atoms with Crippen LogP contribution in [-0.2, 0) is 27.1 Å². The highest BCUT2D eigenvalue weighted by Gasteiger charge is 2.30. The number of nitrogens with one attached hydrogen (secondary N) is 3. The smallest absolute Gasteiger partial charge is 0.321 e. The van der Waals surface area contributed by atoms with E-state index >= 15 is 0 Å². The number of imide groups is 1. The molecule has 0 aliphatic carbocycles. The normalized spacial score (nSPS) is 15.7. The molecule has 1 fully saturated rings. The number of quaternary nitrogens is 1. The molecular weight excluding hydrogens is 396 g/mol. The molecular formula is C19H25N4O5S+. The molecule has 1 aromatic carbocycles. The molecule has 2 heterocycles. The summed E-state index contributed by atoms with van der Waals surface area (Å²) in [4.78, 5) is 24.8. The maximum atomic E-state index is 12.6. The average Bonchev–Trinajstić information content (AvgIpc) is 3.21. The highest BCUT2D eigenvalue weighted by Crippen LogP contribution is 2.10. The second kappa shape index (κ2) is 9.68. The first-order valence-electron chi connectivity index (χ1n) is 9.38. The van der Waals surface area contributed by atoms with Crippen molar-refractivity contribution in [2.45, 2.75) is 12.3 Å². The summed E-state index contributed by atoms with van der Waals surface area (Å²) in [6.45, 7) is 2.02. The molecule has 0 unspecified atom stereocenters. The van der Waals surface area contributed by atoms with Crippen LogP contribution in [0.4, 0.5) is 4.79 Å². The van der Waals surface area contributed by atoms with Gasteiger partial charge in [-0.15, -0.1) is 0 Å². The number of amides is 3. The number of carbonyl (C=O) groups excluding carboxylic acids is 2. The third kappa shape index (κ3) is 6.41. The van der Waals surface area contributed by atoms with Crippen molar-refractivity contribution in [2.24, 2.45) is 0 Å². The number of hydrogen-bond donors (Lipinski definition) is 3. The average molecular weight is 421 g/mol. The van der Waals surface area contributed by atoms with Crippen molar-refractivity contribution < 1.29 is 27.3 Å². The standard InChI is InChI=1S/C19H24N4O5S/c24-18(21-19(25)20-13-17-7-4-12-28-17)14-22-8-10-23(11-9-22)29(26,27)15-16-5-2-1-3-6-16/h1-7,12H,8-11,13-15H2,(H2,20,21,24,25)/p+1.